The van der Waals surface area contributed by atoms with E-state index in [1.807, 2.05) is 5.32 Å². The van der Waals surface area contributed by atoms with Gasteiger partial charge in [0.25, 0.3) is 0 Å². The fourth-order valence-corrected chi connectivity index (χ4v) is 1.53. The van der Waals surface area contributed by atoms with Gasteiger partial charge in [0.05, 0.1) is 12.9 Å². The lowest BCUT2D eigenvalue weighted by molar-refractivity contribution is -0.117. The second-order valence-corrected chi connectivity index (χ2v) is 3.77. The highest BCUT2D eigenvalue weighted by atomic mass is 32.2. The molecular formula is C8H11N5O3S. The van der Waals surface area contributed by atoms with Gasteiger partial charge in [0, 0.05) is 6.07 Å². The molecule has 1 rings (SSSR count). The summed E-state index contributed by atoms with van der Waals surface area (Å²) in [5, 5.41) is 2.26. The number of carbonyl (C=O) groups excluding carboxylic acids is 2. The van der Waals surface area contributed by atoms with Crippen LogP contribution in [0.3, 0.4) is 0 Å². The molecule has 92 valence electrons. The molecule has 0 aliphatic heterocycles. The Morgan fingerprint density at radius 2 is 2.00 bits per heavy atom. The number of anilines is 2. The van der Waals surface area contributed by atoms with Gasteiger partial charge in [0.2, 0.25) is 5.91 Å². The van der Waals surface area contributed by atoms with Crippen molar-refractivity contribution in [1.82, 2.24) is 15.3 Å². The third-order valence-electron chi connectivity index (χ3n) is 1.50. The van der Waals surface area contributed by atoms with Crippen LogP contribution in [0, 0.1) is 0 Å². The molecule has 0 atom stereocenters. The van der Waals surface area contributed by atoms with Gasteiger partial charge in [-0.15, -0.1) is 0 Å². The van der Waals surface area contributed by atoms with Crippen molar-refractivity contribution >= 4 is 35.4 Å². The third kappa shape index (κ3) is 4.55. The molecule has 0 aliphatic rings. The van der Waals surface area contributed by atoms with Crippen molar-refractivity contribution in [2.75, 3.05) is 24.3 Å². The number of thioether (sulfide) groups is 1. The van der Waals surface area contributed by atoms with Gasteiger partial charge in [-0.2, -0.15) is 0 Å². The molecule has 0 bridgehead atoms. The number of imide groups is 1. The standard InChI is InChI=1S/C8H11N5O3S/c1-16-8(15)13-6(14)3-17-7-11-4(9)2-5(10)12-7/h2H,3H2,1H3,(H,13,14,15)(H4,9,10,11,12). The SMILES string of the molecule is COC(=O)NC(=O)CSc1nc(N)cc(N)n1. The molecule has 0 aliphatic carbocycles. The van der Waals surface area contributed by atoms with Crippen molar-refractivity contribution < 1.29 is 14.3 Å². The maximum atomic E-state index is 11.2. The van der Waals surface area contributed by atoms with Crippen LogP contribution >= 0.6 is 11.8 Å². The minimum atomic E-state index is -0.816. The first-order chi connectivity index (χ1) is 8.01. The van der Waals surface area contributed by atoms with Gasteiger partial charge in [-0.25, -0.2) is 14.8 Å². The molecule has 0 spiro atoms. The fraction of sp³-hybridized carbons (Fsp3) is 0.250. The minimum absolute atomic E-state index is 0.0437. The van der Waals surface area contributed by atoms with E-state index in [4.69, 9.17) is 11.5 Å². The molecule has 0 saturated carbocycles. The Balaban J connectivity index is 2.50. The van der Waals surface area contributed by atoms with E-state index >= 15 is 0 Å². The second-order valence-electron chi connectivity index (χ2n) is 2.83. The number of nitrogens with zero attached hydrogens (tertiary/aromatic N) is 2. The van der Waals surface area contributed by atoms with Crippen LogP contribution in [0.2, 0.25) is 0 Å². The smallest absolute Gasteiger partial charge is 0.413 e. The number of ether oxygens (including phenoxy) is 1. The monoisotopic (exact) mass is 257 g/mol. The molecule has 9 heteroatoms. The number of methoxy groups -OCH3 is 1. The number of alkyl carbamates (subject to hydrolysis) is 1. The highest BCUT2D eigenvalue weighted by molar-refractivity contribution is 7.99. The molecule has 17 heavy (non-hydrogen) atoms. The van der Waals surface area contributed by atoms with Gasteiger partial charge in [-0.05, 0) is 0 Å². The molecule has 0 unspecified atom stereocenters. The van der Waals surface area contributed by atoms with Gasteiger partial charge in [0.1, 0.15) is 11.6 Å². The van der Waals surface area contributed by atoms with Crippen LogP contribution in [0.25, 0.3) is 0 Å². The van der Waals surface area contributed by atoms with Crippen molar-refractivity contribution in [2.45, 2.75) is 5.16 Å². The Labute approximate surface area is 101 Å². The van der Waals surface area contributed by atoms with E-state index in [1.54, 1.807) is 0 Å². The number of nitrogens with two attached hydrogens (primary N) is 2. The summed E-state index contributed by atoms with van der Waals surface area (Å²) in [5.74, 6) is -0.133. The summed E-state index contributed by atoms with van der Waals surface area (Å²) < 4.78 is 4.26. The topological polar surface area (TPSA) is 133 Å². The predicted molar refractivity (Wildman–Crippen MR) is 62.1 cm³/mol. The number of nitrogens with one attached hydrogen (secondary N) is 1. The zero-order valence-electron chi connectivity index (χ0n) is 8.97. The van der Waals surface area contributed by atoms with Crippen LogP contribution < -0.4 is 16.8 Å². The highest BCUT2D eigenvalue weighted by Gasteiger charge is 2.09. The van der Waals surface area contributed by atoms with E-state index in [9.17, 15) is 9.59 Å². The summed E-state index contributed by atoms with van der Waals surface area (Å²) in [6.07, 6.45) is -0.816. The molecule has 0 aromatic carbocycles. The maximum absolute atomic E-state index is 11.2. The molecule has 0 saturated heterocycles. The Bertz CT molecular complexity index is 419. The zero-order chi connectivity index (χ0) is 12.8. The van der Waals surface area contributed by atoms with E-state index < -0.39 is 12.0 Å². The number of nitrogen functional groups attached to an aromatic ring is 2. The zero-order valence-corrected chi connectivity index (χ0v) is 9.78. The summed E-state index contributed by atoms with van der Waals surface area (Å²) in [6, 6.07) is 1.40. The van der Waals surface area contributed by atoms with Gasteiger partial charge in [-0.1, -0.05) is 11.8 Å². The van der Waals surface area contributed by atoms with Gasteiger partial charge in [0.15, 0.2) is 5.16 Å². The van der Waals surface area contributed by atoms with Crippen LogP contribution in [0.5, 0.6) is 0 Å². The normalized spacial score (nSPS) is 9.71. The van der Waals surface area contributed by atoms with Crippen molar-refractivity contribution in [1.29, 1.82) is 0 Å². The summed E-state index contributed by atoms with van der Waals surface area (Å²) in [5.41, 5.74) is 10.9. The van der Waals surface area contributed by atoms with Crippen LogP contribution in [-0.4, -0.2) is 34.8 Å². The Hall–Kier alpha value is -2.03. The Morgan fingerprint density at radius 3 is 2.53 bits per heavy atom. The molecule has 5 N–H and O–H groups in total. The third-order valence-corrected chi connectivity index (χ3v) is 2.35. The Kier molecular flexibility index (Phi) is 4.52. The first-order valence-electron chi connectivity index (χ1n) is 4.42. The van der Waals surface area contributed by atoms with Gasteiger partial charge < -0.3 is 16.2 Å². The molecule has 0 fully saturated rings. The summed E-state index contributed by atoms with van der Waals surface area (Å²) in [7, 11) is 1.16. The number of hydrogen-bond donors (Lipinski definition) is 3. The summed E-state index contributed by atoms with van der Waals surface area (Å²) in [4.78, 5) is 29.6. The summed E-state index contributed by atoms with van der Waals surface area (Å²) in [6.45, 7) is 0. The van der Waals surface area contributed by atoms with E-state index in [-0.39, 0.29) is 22.5 Å². The number of hydrogen-bond acceptors (Lipinski definition) is 8. The molecule has 1 aromatic heterocycles. The number of amides is 2. The van der Waals surface area contributed by atoms with E-state index in [1.165, 1.54) is 6.07 Å². The first-order valence-corrected chi connectivity index (χ1v) is 5.40. The molecule has 1 heterocycles. The Morgan fingerprint density at radius 1 is 1.41 bits per heavy atom. The number of carbonyl (C=O) groups is 2. The van der Waals surface area contributed by atoms with Crippen LogP contribution in [0.15, 0.2) is 11.2 Å². The van der Waals surface area contributed by atoms with Crippen LogP contribution in [-0.2, 0) is 9.53 Å². The van der Waals surface area contributed by atoms with E-state index in [0.29, 0.717) is 0 Å². The van der Waals surface area contributed by atoms with Crippen molar-refractivity contribution in [3.8, 4) is 0 Å². The molecule has 2 amide bonds. The molecule has 8 nitrogen and oxygen atoms in total. The molecule has 1 aromatic rings. The lowest BCUT2D eigenvalue weighted by Gasteiger charge is -2.03. The lowest BCUT2D eigenvalue weighted by atomic mass is 10.5. The van der Waals surface area contributed by atoms with E-state index in [0.717, 1.165) is 18.9 Å². The lowest BCUT2D eigenvalue weighted by Crippen LogP contribution is -2.31. The van der Waals surface area contributed by atoms with Crippen molar-refractivity contribution in [2.24, 2.45) is 0 Å². The first kappa shape index (κ1) is 13.0. The highest BCUT2D eigenvalue weighted by Crippen LogP contribution is 2.15. The minimum Gasteiger partial charge on any atom is -0.453 e. The quantitative estimate of drug-likeness (QED) is 0.492. The van der Waals surface area contributed by atoms with Crippen LogP contribution in [0.4, 0.5) is 16.4 Å². The van der Waals surface area contributed by atoms with Crippen molar-refractivity contribution in [3.63, 3.8) is 0 Å². The van der Waals surface area contributed by atoms with Gasteiger partial charge >= 0.3 is 6.09 Å². The number of rotatable bonds is 3. The molecule has 0 radical (unpaired) electrons. The average molecular weight is 257 g/mol. The average Bonchev–Trinajstić information content (AvgIpc) is 2.25. The summed E-state index contributed by atoms with van der Waals surface area (Å²) >= 11 is 1.01. The predicted octanol–water partition coefficient (Wildman–Crippen LogP) is -0.384. The van der Waals surface area contributed by atoms with Gasteiger partial charge in [-0.3, -0.25) is 10.1 Å². The fourth-order valence-electron chi connectivity index (χ4n) is 0.858. The largest absolute Gasteiger partial charge is 0.453 e. The van der Waals surface area contributed by atoms with Crippen molar-refractivity contribution in [3.05, 3.63) is 6.07 Å². The van der Waals surface area contributed by atoms with E-state index in [2.05, 4.69) is 14.7 Å². The second kappa shape index (κ2) is 5.89. The number of aromatic nitrogens is 2. The maximum Gasteiger partial charge on any atom is 0.413 e. The molecular weight excluding hydrogens is 246 g/mol. The van der Waals surface area contributed by atoms with Crippen LogP contribution in [0.1, 0.15) is 0 Å².